The van der Waals surface area contributed by atoms with Gasteiger partial charge in [-0.2, -0.15) is 0 Å². The Morgan fingerprint density at radius 2 is 1.18 bits per heavy atom. The van der Waals surface area contributed by atoms with E-state index < -0.39 is 0 Å². The second kappa shape index (κ2) is 9.47. The van der Waals surface area contributed by atoms with Gasteiger partial charge in [-0.3, -0.25) is 4.79 Å². The molecule has 144 valence electrons. The van der Waals surface area contributed by atoms with Crippen molar-refractivity contribution >= 4 is 40.7 Å². The van der Waals surface area contributed by atoms with Gasteiger partial charge >= 0.3 is 0 Å². The number of carbonyl (C=O) groups is 1. The van der Waals surface area contributed by atoms with Gasteiger partial charge in [-0.25, -0.2) is 0 Å². The van der Waals surface area contributed by atoms with Gasteiger partial charge in [0.25, 0.3) is 5.91 Å². The van der Waals surface area contributed by atoms with Crippen molar-refractivity contribution in [3.8, 4) is 0 Å². The molecule has 2 atom stereocenters. The van der Waals surface area contributed by atoms with Crippen molar-refractivity contribution < 1.29 is 4.79 Å². The molecule has 0 bridgehead atoms. The van der Waals surface area contributed by atoms with Crippen molar-refractivity contribution in [2.75, 3.05) is 6.54 Å². The highest BCUT2D eigenvalue weighted by Gasteiger charge is 2.22. The highest BCUT2D eigenvalue weighted by molar-refractivity contribution is 6.31. The average molecular weight is 433 g/mol. The van der Waals surface area contributed by atoms with Crippen molar-refractivity contribution in [1.82, 2.24) is 5.32 Å². The monoisotopic (exact) mass is 431 g/mol. The largest absolute Gasteiger partial charge is 0.351 e. The minimum absolute atomic E-state index is 0.0784. The number of hydrogen-bond acceptors (Lipinski definition) is 1. The van der Waals surface area contributed by atoms with Crippen LogP contribution in [0.25, 0.3) is 0 Å². The van der Waals surface area contributed by atoms with E-state index in [1.54, 1.807) is 24.3 Å². The Labute approximate surface area is 180 Å². The number of hydrogen-bond donors (Lipinski definition) is 1. The van der Waals surface area contributed by atoms with Gasteiger partial charge in [0, 0.05) is 33.1 Å². The van der Waals surface area contributed by atoms with E-state index in [0.29, 0.717) is 27.2 Å². The van der Waals surface area contributed by atoms with E-state index in [4.69, 9.17) is 34.8 Å². The maximum atomic E-state index is 12.6. The van der Waals surface area contributed by atoms with E-state index in [1.807, 2.05) is 48.5 Å². The first kappa shape index (κ1) is 20.7. The van der Waals surface area contributed by atoms with Gasteiger partial charge < -0.3 is 5.32 Å². The van der Waals surface area contributed by atoms with Gasteiger partial charge in [-0.05, 0) is 65.6 Å². The minimum Gasteiger partial charge on any atom is -0.351 e. The van der Waals surface area contributed by atoms with Crippen LogP contribution in [0.2, 0.25) is 15.1 Å². The Balaban J connectivity index is 1.81. The van der Waals surface area contributed by atoms with Crippen LogP contribution in [0.1, 0.15) is 40.2 Å². The van der Waals surface area contributed by atoms with Crippen molar-refractivity contribution in [1.29, 1.82) is 0 Å². The fourth-order valence-corrected chi connectivity index (χ4v) is 3.58. The molecule has 0 aliphatic rings. The van der Waals surface area contributed by atoms with E-state index in [0.717, 1.165) is 11.1 Å². The molecule has 1 amide bonds. The SMILES string of the molecule is CC(c1ccc(Cl)cc1)C(CNC(=O)c1ccc(Cl)cc1)c1ccc(Cl)cc1. The van der Waals surface area contributed by atoms with Crippen LogP contribution in [0.15, 0.2) is 72.8 Å². The first-order valence-electron chi connectivity index (χ1n) is 8.99. The summed E-state index contributed by atoms with van der Waals surface area (Å²) in [6, 6.07) is 22.5. The maximum absolute atomic E-state index is 12.6. The lowest BCUT2D eigenvalue weighted by Gasteiger charge is -2.25. The van der Waals surface area contributed by atoms with E-state index in [9.17, 15) is 4.79 Å². The lowest BCUT2D eigenvalue weighted by molar-refractivity contribution is 0.0950. The Morgan fingerprint density at radius 1 is 0.750 bits per heavy atom. The number of rotatable bonds is 6. The third kappa shape index (κ3) is 5.29. The van der Waals surface area contributed by atoms with Gasteiger partial charge in [0.1, 0.15) is 0 Å². The molecule has 3 aromatic rings. The summed E-state index contributed by atoms with van der Waals surface area (Å²) in [7, 11) is 0. The first-order valence-corrected chi connectivity index (χ1v) is 10.1. The summed E-state index contributed by atoms with van der Waals surface area (Å²) >= 11 is 18.0. The highest BCUT2D eigenvalue weighted by Crippen LogP contribution is 2.33. The molecule has 28 heavy (non-hydrogen) atoms. The van der Waals surface area contributed by atoms with Crippen LogP contribution >= 0.6 is 34.8 Å². The lowest BCUT2D eigenvalue weighted by Crippen LogP contribution is -2.30. The molecular weight excluding hydrogens is 413 g/mol. The molecule has 0 saturated heterocycles. The topological polar surface area (TPSA) is 29.1 Å². The number of nitrogens with one attached hydrogen (secondary N) is 1. The van der Waals surface area contributed by atoms with Gasteiger partial charge in [0.2, 0.25) is 0 Å². The fourth-order valence-electron chi connectivity index (χ4n) is 3.20. The zero-order chi connectivity index (χ0) is 20.1. The van der Waals surface area contributed by atoms with Crippen LogP contribution in [0, 0.1) is 0 Å². The zero-order valence-electron chi connectivity index (χ0n) is 15.3. The second-order valence-electron chi connectivity index (χ2n) is 6.72. The maximum Gasteiger partial charge on any atom is 0.251 e. The molecule has 0 aliphatic carbocycles. The number of amides is 1. The predicted octanol–water partition coefficient (Wildman–Crippen LogP) is 6.96. The number of halogens is 3. The molecule has 2 nitrogen and oxygen atoms in total. The molecule has 0 radical (unpaired) electrons. The molecule has 2 unspecified atom stereocenters. The Hall–Kier alpha value is -2.00. The molecule has 0 spiro atoms. The molecule has 0 aliphatic heterocycles. The highest BCUT2D eigenvalue weighted by atomic mass is 35.5. The van der Waals surface area contributed by atoms with E-state index in [-0.39, 0.29) is 17.7 Å². The van der Waals surface area contributed by atoms with E-state index in [1.165, 1.54) is 0 Å². The molecule has 3 rings (SSSR count). The zero-order valence-corrected chi connectivity index (χ0v) is 17.6. The average Bonchev–Trinajstić information content (AvgIpc) is 2.70. The van der Waals surface area contributed by atoms with Crippen LogP contribution in [0.3, 0.4) is 0 Å². The normalized spacial score (nSPS) is 13.0. The summed E-state index contributed by atoms with van der Waals surface area (Å²) < 4.78 is 0. The third-order valence-corrected chi connectivity index (χ3v) is 5.64. The predicted molar refractivity (Wildman–Crippen MR) is 118 cm³/mol. The van der Waals surface area contributed by atoms with Crippen molar-refractivity contribution in [2.24, 2.45) is 0 Å². The molecule has 0 heterocycles. The van der Waals surface area contributed by atoms with Crippen LogP contribution in [-0.2, 0) is 0 Å². The standard InChI is InChI=1S/C23H20Cl3NO/c1-15(16-2-8-19(24)9-3-16)22(17-4-10-20(25)11-5-17)14-27-23(28)18-6-12-21(26)13-7-18/h2-13,15,22H,14H2,1H3,(H,27,28). The molecule has 0 fully saturated rings. The lowest BCUT2D eigenvalue weighted by atomic mass is 9.82. The molecule has 1 N–H and O–H groups in total. The van der Waals surface area contributed by atoms with Gasteiger partial charge in [-0.1, -0.05) is 66.0 Å². The second-order valence-corrected chi connectivity index (χ2v) is 8.02. The van der Waals surface area contributed by atoms with Crippen LogP contribution in [0.5, 0.6) is 0 Å². The molecule has 0 aromatic heterocycles. The van der Waals surface area contributed by atoms with Gasteiger partial charge in [0.05, 0.1) is 0 Å². The van der Waals surface area contributed by atoms with Gasteiger partial charge in [-0.15, -0.1) is 0 Å². The molecular formula is C23H20Cl3NO. The van der Waals surface area contributed by atoms with Crippen molar-refractivity contribution in [3.05, 3.63) is 105 Å². The minimum atomic E-state index is -0.126. The summed E-state index contributed by atoms with van der Waals surface area (Å²) in [5.74, 6) is 0.123. The first-order chi connectivity index (χ1) is 13.4. The summed E-state index contributed by atoms with van der Waals surface area (Å²) in [4.78, 5) is 12.6. The fraction of sp³-hybridized carbons (Fsp3) is 0.174. The smallest absolute Gasteiger partial charge is 0.251 e. The number of benzene rings is 3. The quantitative estimate of drug-likeness (QED) is 0.448. The Morgan fingerprint density at radius 3 is 1.68 bits per heavy atom. The van der Waals surface area contributed by atoms with Crippen molar-refractivity contribution in [3.63, 3.8) is 0 Å². The summed E-state index contributed by atoms with van der Waals surface area (Å²) in [6.07, 6.45) is 0. The summed E-state index contributed by atoms with van der Waals surface area (Å²) in [5, 5.41) is 5.05. The summed E-state index contributed by atoms with van der Waals surface area (Å²) in [5.41, 5.74) is 2.85. The molecule has 0 saturated carbocycles. The molecule has 3 aromatic carbocycles. The van der Waals surface area contributed by atoms with Crippen LogP contribution in [0.4, 0.5) is 0 Å². The Kier molecular flexibility index (Phi) is 7.01. The Bertz CT molecular complexity index is 922. The number of carbonyl (C=O) groups excluding carboxylic acids is 1. The van der Waals surface area contributed by atoms with Gasteiger partial charge in [0.15, 0.2) is 0 Å². The van der Waals surface area contributed by atoms with Crippen LogP contribution < -0.4 is 5.32 Å². The summed E-state index contributed by atoms with van der Waals surface area (Å²) in [6.45, 7) is 2.64. The van der Waals surface area contributed by atoms with E-state index >= 15 is 0 Å². The van der Waals surface area contributed by atoms with Crippen molar-refractivity contribution in [2.45, 2.75) is 18.8 Å². The van der Waals surface area contributed by atoms with E-state index in [2.05, 4.69) is 12.2 Å². The van der Waals surface area contributed by atoms with Crippen LogP contribution in [-0.4, -0.2) is 12.5 Å². The third-order valence-electron chi connectivity index (χ3n) is 4.89. The molecule has 5 heteroatoms.